The molecule has 1 fully saturated rings. The Morgan fingerprint density at radius 2 is 1.88 bits per heavy atom. The van der Waals surface area contributed by atoms with Gasteiger partial charge in [0.1, 0.15) is 30.3 Å². The molecule has 0 saturated carbocycles. The van der Waals surface area contributed by atoms with E-state index < -0.39 is 34.1 Å². The first-order valence-corrected chi connectivity index (χ1v) is 14.0. The number of carbonyl (C=O) groups is 3. The minimum absolute atomic E-state index is 0.0655. The lowest BCUT2D eigenvalue weighted by molar-refractivity contribution is -0.384. The van der Waals surface area contributed by atoms with Crippen LogP contribution in [0.2, 0.25) is 0 Å². The molecule has 5 rings (SSSR count). The Labute approximate surface area is 241 Å². The number of thiazole rings is 1. The second kappa shape index (κ2) is 12.2. The molecule has 0 radical (unpaired) electrons. The first-order valence-electron chi connectivity index (χ1n) is 12.1. The molecule has 1 unspecified atom stereocenters. The van der Waals surface area contributed by atoms with Gasteiger partial charge in [-0.3, -0.25) is 19.7 Å². The second-order valence-corrected chi connectivity index (χ2v) is 10.8. The summed E-state index contributed by atoms with van der Waals surface area (Å²) < 4.78 is 5.31. The van der Waals surface area contributed by atoms with Crippen LogP contribution in [0.5, 0.6) is 0 Å². The van der Waals surface area contributed by atoms with E-state index in [2.05, 4.69) is 15.5 Å². The van der Waals surface area contributed by atoms with Gasteiger partial charge in [0.2, 0.25) is 0 Å². The monoisotopic (exact) mass is 594 g/mol. The third-order valence-corrected chi connectivity index (χ3v) is 8.05. The lowest BCUT2D eigenvalue weighted by Gasteiger charge is -2.47. The lowest BCUT2D eigenvalue weighted by atomic mass is 10.1. The highest BCUT2D eigenvalue weighted by molar-refractivity contribution is 8.00. The van der Waals surface area contributed by atoms with Crippen LogP contribution in [-0.2, 0) is 37.2 Å². The molecule has 3 aromatic rings. The van der Waals surface area contributed by atoms with Crippen LogP contribution >= 0.6 is 23.1 Å². The van der Waals surface area contributed by atoms with E-state index >= 15 is 0 Å². The minimum Gasteiger partial charge on any atom is -0.457 e. The number of nitro groups is 1. The maximum Gasteiger partial charge on any atom is 0.336 e. The summed E-state index contributed by atoms with van der Waals surface area (Å²) in [7, 11) is 0. The number of nitrogens with one attached hydrogen (secondary N) is 1. The zero-order chi connectivity index (χ0) is 28.9. The van der Waals surface area contributed by atoms with Crippen molar-refractivity contribution < 1.29 is 28.9 Å². The van der Waals surface area contributed by atoms with Crippen LogP contribution < -0.4 is 11.1 Å². The molecule has 0 bridgehead atoms. The standard InChI is InChI=1S/C26H22N6O7S2/c27-26-28-19(14-41-26)20(30-39-12-15-4-2-1-3-5-15)22(33)29-21-23(34)31-10-17(13-40-24(21)31)25(35)38-11-16-6-8-18(9-7-16)32(36)37/h1-10,14,21,24H,11-13H2,(H2,27,28)(H,29,33)/t21?,24-/m1/s1. The number of nitro benzene ring substituents is 1. The van der Waals surface area contributed by atoms with Crippen molar-refractivity contribution in [1.82, 2.24) is 15.2 Å². The number of amides is 2. The number of carbonyl (C=O) groups excluding carboxylic acids is 3. The van der Waals surface area contributed by atoms with Gasteiger partial charge in [0.05, 0.1) is 10.5 Å². The molecule has 1 aromatic heterocycles. The molecule has 41 heavy (non-hydrogen) atoms. The number of nitrogens with two attached hydrogens (primary N) is 1. The number of thioether (sulfide) groups is 1. The summed E-state index contributed by atoms with van der Waals surface area (Å²) in [4.78, 5) is 59.8. The zero-order valence-electron chi connectivity index (χ0n) is 21.2. The topological polar surface area (TPSA) is 179 Å². The van der Waals surface area contributed by atoms with Crippen LogP contribution in [-0.4, -0.2) is 55.5 Å². The molecule has 13 nitrogen and oxygen atoms in total. The second-order valence-electron chi connectivity index (χ2n) is 8.82. The van der Waals surface area contributed by atoms with Gasteiger partial charge in [-0.15, -0.1) is 23.1 Å². The molecule has 2 aromatic carbocycles. The molecule has 3 N–H and O–H groups in total. The Morgan fingerprint density at radius 3 is 2.56 bits per heavy atom. The number of benzene rings is 2. The fourth-order valence-corrected chi connectivity index (χ4v) is 5.73. The molecule has 1 saturated heterocycles. The van der Waals surface area contributed by atoms with E-state index in [1.165, 1.54) is 47.1 Å². The van der Waals surface area contributed by atoms with E-state index in [9.17, 15) is 24.5 Å². The predicted molar refractivity (Wildman–Crippen MR) is 150 cm³/mol. The maximum absolute atomic E-state index is 13.2. The molecule has 2 atom stereocenters. The predicted octanol–water partition coefficient (Wildman–Crippen LogP) is 2.58. The highest BCUT2D eigenvalue weighted by atomic mass is 32.2. The van der Waals surface area contributed by atoms with Crippen LogP contribution in [0.25, 0.3) is 0 Å². The summed E-state index contributed by atoms with van der Waals surface area (Å²) in [5.74, 6) is -1.41. The van der Waals surface area contributed by atoms with Crippen molar-refractivity contribution in [2.75, 3.05) is 11.5 Å². The van der Waals surface area contributed by atoms with Gasteiger partial charge in [-0.1, -0.05) is 35.5 Å². The SMILES string of the molecule is Nc1nc(C(=NOCc2ccccc2)C(=O)NC2C(=O)N3C=C(C(=O)OCc4ccc([N+](=O)[O-])cc4)CS[C@H]23)cs1. The van der Waals surface area contributed by atoms with Crippen molar-refractivity contribution >= 4 is 57.4 Å². The summed E-state index contributed by atoms with van der Waals surface area (Å²) in [6.45, 7) is 0.0458. The molecule has 0 spiro atoms. The normalized spacial score (nSPS) is 18.0. The largest absolute Gasteiger partial charge is 0.457 e. The quantitative estimate of drug-likeness (QED) is 0.116. The van der Waals surface area contributed by atoms with Gasteiger partial charge in [-0.25, -0.2) is 9.78 Å². The first kappa shape index (κ1) is 27.8. The summed E-state index contributed by atoms with van der Waals surface area (Å²) in [5, 5.41) is 18.9. The molecular weight excluding hydrogens is 572 g/mol. The highest BCUT2D eigenvalue weighted by Crippen LogP contribution is 2.36. The zero-order valence-corrected chi connectivity index (χ0v) is 22.8. The number of hydrogen-bond acceptors (Lipinski definition) is 12. The molecule has 3 heterocycles. The van der Waals surface area contributed by atoms with Crippen molar-refractivity contribution in [3.63, 3.8) is 0 Å². The van der Waals surface area contributed by atoms with E-state index in [4.69, 9.17) is 15.3 Å². The molecule has 15 heteroatoms. The number of anilines is 1. The number of fused-ring (bicyclic) bond motifs is 1. The Morgan fingerprint density at radius 1 is 1.15 bits per heavy atom. The third-order valence-electron chi connectivity index (χ3n) is 6.06. The summed E-state index contributed by atoms with van der Waals surface area (Å²) in [6, 6.07) is 14.1. The summed E-state index contributed by atoms with van der Waals surface area (Å²) >= 11 is 2.44. The van der Waals surface area contributed by atoms with Gasteiger partial charge in [0.25, 0.3) is 17.5 Å². The lowest BCUT2D eigenvalue weighted by Crippen LogP contribution is -2.69. The Hall–Kier alpha value is -4.76. The number of rotatable bonds is 10. The molecule has 2 aliphatic rings. The molecule has 2 aliphatic heterocycles. The molecule has 210 valence electrons. The van der Waals surface area contributed by atoms with E-state index in [-0.39, 0.29) is 46.8 Å². The Balaban J connectivity index is 1.19. The third kappa shape index (κ3) is 6.36. The number of aromatic nitrogens is 1. The average Bonchev–Trinajstić information content (AvgIpc) is 3.42. The Bertz CT molecular complexity index is 1540. The first-order chi connectivity index (χ1) is 19.8. The van der Waals surface area contributed by atoms with Gasteiger partial charge < -0.3 is 25.5 Å². The van der Waals surface area contributed by atoms with Gasteiger partial charge in [-0.2, -0.15) is 0 Å². The van der Waals surface area contributed by atoms with E-state index in [1.54, 1.807) is 5.38 Å². The average molecular weight is 595 g/mol. The van der Waals surface area contributed by atoms with Gasteiger partial charge in [0, 0.05) is 29.5 Å². The van der Waals surface area contributed by atoms with Crippen molar-refractivity contribution in [2.45, 2.75) is 24.6 Å². The van der Waals surface area contributed by atoms with Crippen LogP contribution in [0.1, 0.15) is 16.8 Å². The number of nitrogens with zero attached hydrogens (tertiary/aromatic N) is 4. The fourth-order valence-electron chi connectivity index (χ4n) is 3.94. The minimum atomic E-state index is -0.850. The fraction of sp³-hybridized carbons (Fsp3) is 0.192. The summed E-state index contributed by atoms with van der Waals surface area (Å²) in [6.07, 6.45) is 1.42. The van der Waals surface area contributed by atoms with Crippen molar-refractivity contribution in [3.05, 3.63) is 98.7 Å². The number of nitrogen functional groups attached to an aromatic ring is 1. The van der Waals surface area contributed by atoms with Crippen LogP contribution in [0.3, 0.4) is 0 Å². The molecular formula is C26H22N6O7S2. The van der Waals surface area contributed by atoms with Crippen LogP contribution in [0, 0.1) is 10.1 Å². The number of esters is 1. The molecule has 0 aliphatic carbocycles. The highest BCUT2D eigenvalue weighted by Gasteiger charge is 2.50. The number of oxime groups is 1. The van der Waals surface area contributed by atoms with Crippen molar-refractivity contribution in [3.8, 4) is 0 Å². The van der Waals surface area contributed by atoms with E-state index in [0.717, 1.165) is 16.9 Å². The number of hydrogen-bond donors (Lipinski definition) is 2. The number of ether oxygens (including phenoxy) is 1. The van der Waals surface area contributed by atoms with Crippen molar-refractivity contribution in [2.24, 2.45) is 5.16 Å². The van der Waals surface area contributed by atoms with Crippen LogP contribution in [0.15, 0.2) is 76.9 Å². The number of β-lactam (4-membered cyclic amide) rings is 1. The number of non-ortho nitro benzene ring substituents is 1. The van der Waals surface area contributed by atoms with Crippen molar-refractivity contribution in [1.29, 1.82) is 0 Å². The van der Waals surface area contributed by atoms with Gasteiger partial charge in [-0.05, 0) is 23.3 Å². The summed E-state index contributed by atoms with van der Waals surface area (Å²) in [5.41, 5.74) is 7.49. The van der Waals surface area contributed by atoms with Crippen LogP contribution in [0.4, 0.5) is 10.8 Å². The Kier molecular flexibility index (Phi) is 8.26. The van der Waals surface area contributed by atoms with Gasteiger partial charge >= 0.3 is 5.97 Å². The van der Waals surface area contributed by atoms with E-state index in [0.29, 0.717) is 5.56 Å². The maximum atomic E-state index is 13.2. The van der Waals surface area contributed by atoms with E-state index in [1.807, 2.05) is 30.3 Å². The smallest absolute Gasteiger partial charge is 0.336 e. The molecule has 2 amide bonds. The van der Waals surface area contributed by atoms with Gasteiger partial charge in [0.15, 0.2) is 10.8 Å².